The summed E-state index contributed by atoms with van der Waals surface area (Å²) in [6.45, 7) is -1.67. The highest BCUT2D eigenvalue weighted by molar-refractivity contribution is 7.66. The van der Waals surface area contributed by atoms with E-state index in [-0.39, 0.29) is 17.1 Å². The topological polar surface area (TPSA) is 299 Å². The number of hydrogen-bond donors (Lipinski definition) is 8. The van der Waals surface area contributed by atoms with Gasteiger partial charge in [0.25, 0.3) is 5.56 Å². The van der Waals surface area contributed by atoms with E-state index >= 15 is 0 Å². The van der Waals surface area contributed by atoms with Gasteiger partial charge in [0.1, 0.15) is 12.2 Å². The minimum atomic E-state index is -5.73. The van der Waals surface area contributed by atoms with Gasteiger partial charge in [-0.05, 0) is 0 Å². The fourth-order valence-corrected chi connectivity index (χ4v) is 5.77. The van der Waals surface area contributed by atoms with Gasteiger partial charge in [-0.15, -0.1) is 0 Å². The Morgan fingerprint density at radius 1 is 1.25 bits per heavy atom. The number of nitrogen functional groups attached to an aromatic ring is 1. The van der Waals surface area contributed by atoms with Crippen LogP contribution in [0.15, 0.2) is 11.1 Å². The molecule has 1 aliphatic heterocycles. The quantitative estimate of drug-likeness (QED) is 0.165. The number of H-pyrrole nitrogens is 1. The van der Waals surface area contributed by atoms with Crippen molar-refractivity contribution in [1.29, 1.82) is 0 Å². The molecule has 22 heteroatoms. The maximum Gasteiger partial charge on any atom is 0.490 e. The number of hydrogen-bond acceptors (Lipinski definition) is 13. The standard InChI is InChI=1S/C10H16N5O14P3/c11-9-13-7-5(8(17)14-9)12-3-15(7)10(18)2-26-4(6(10)16)1-27-31(22,23)29-32(24,25)28-30(19,20)21/h3-4,6,16,18H,1-2H2,(H,22,23)(H,24,25)(H2,19,20,21)(H3,11,13,14,17)/t4-,6+,10+/m1/s1. The van der Waals surface area contributed by atoms with Crippen molar-refractivity contribution < 1.29 is 61.4 Å². The summed E-state index contributed by atoms with van der Waals surface area (Å²) in [5, 5.41) is 21.3. The zero-order valence-corrected chi connectivity index (χ0v) is 18.0. The van der Waals surface area contributed by atoms with E-state index in [1.165, 1.54) is 0 Å². The molecule has 3 rings (SSSR count). The number of nitrogens with one attached hydrogen (secondary N) is 1. The molecule has 2 aromatic heterocycles. The molecule has 1 saturated heterocycles. The number of anilines is 1. The van der Waals surface area contributed by atoms with Crippen LogP contribution in [0.25, 0.3) is 11.2 Å². The van der Waals surface area contributed by atoms with Gasteiger partial charge in [-0.25, -0.2) is 18.7 Å². The maximum absolute atomic E-state index is 11.9. The molecule has 0 aromatic carbocycles. The van der Waals surface area contributed by atoms with Crippen LogP contribution in [-0.4, -0.2) is 74.7 Å². The Balaban J connectivity index is 1.74. The van der Waals surface area contributed by atoms with Crippen LogP contribution in [0.4, 0.5) is 5.95 Å². The van der Waals surface area contributed by atoms with E-state index in [4.69, 9.17) is 25.2 Å². The Kier molecular flexibility index (Phi) is 6.53. The molecule has 9 N–H and O–H groups in total. The first-order valence-corrected chi connectivity index (χ1v) is 12.6. The van der Waals surface area contributed by atoms with Crippen molar-refractivity contribution in [2.75, 3.05) is 18.9 Å². The summed E-state index contributed by atoms with van der Waals surface area (Å²) in [7, 11) is -16.8. The Morgan fingerprint density at radius 2 is 1.91 bits per heavy atom. The molecule has 2 aromatic rings. The maximum atomic E-state index is 11.9. The molecule has 19 nitrogen and oxygen atoms in total. The van der Waals surface area contributed by atoms with Crippen LogP contribution in [0.1, 0.15) is 0 Å². The van der Waals surface area contributed by atoms with Crippen LogP contribution in [0, 0.1) is 0 Å². The lowest BCUT2D eigenvalue weighted by molar-refractivity contribution is -0.109. The molecule has 1 aliphatic rings. The third-order valence-corrected chi connectivity index (χ3v) is 7.80. The molecule has 3 heterocycles. The number of nitrogens with two attached hydrogens (primary N) is 1. The SMILES string of the molecule is Nc1nc2c(ncn2[C@]2(O)CO[C@H](COP(=O)(O)OP(=O)(O)OP(=O)(O)O)[C@@H]2O)c(=O)[nH]1. The molecule has 0 bridgehead atoms. The van der Waals surface area contributed by atoms with E-state index in [1.807, 2.05) is 0 Å². The number of nitrogens with zero attached hydrogens (tertiary/aromatic N) is 3. The third kappa shape index (κ3) is 5.32. The normalized spacial score (nSPS) is 27.9. The second-order valence-electron chi connectivity index (χ2n) is 6.30. The van der Waals surface area contributed by atoms with E-state index in [0.29, 0.717) is 0 Å². The summed E-state index contributed by atoms with van der Waals surface area (Å²) < 4.78 is 51.2. The van der Waals surface area contributed by atoms with Crippen molar-refractivity contribution >= 4 is 40.6 Å². The Labute approximate surface area is 175 Å². The second kappa shape index (κ2) is 8.34. The minimum absolute atomic E-state index is 0.218. The number of imidazole rings is 1. The Hall–Kier alpha value is -1.56. The van der Waals surface area contributed by atoms with Crippen molar-refractivity contribution in [3.63, 3.8) is 0 Å². The van der Waals surface area contributed by atoms with Crippen LogP contribution >= 0.6 is 23.5 Å². The van der Waals surface area contributed by atoms with Gasteiger partial charge in [-0.1, -0.05) is 0 Å². The van der Waals surface area contributed by atoms with Gasteiger partial charge in [0, 0.05) is 0 Å². The van der Waals surface area contributed by atoms with Crippen LogP contribution in [0.3, 0.4) is 0 Å². The molecule has 180 valence electrons. The van der Waals surface area contributed by atoms with Gasteiger partial charge < -0.3 is 40.3 Å². The van der Waals surface area contributed by atoms with Crippen molar-refractivity contribution in [2.45, 2.75) is 17.9 Å². The highest BCUT2D eigenvalue weighted by Crippen LogP contribution is 2.66. The number of ether oxygens (including phenoxy) is 1. The monoisotopic (exact) mass is 523 g/mol. The molecular weight excluding hydrogens is 507 g/mol. The molecule has 32 heavy (non-hydrogen) atoms. The Bertz CT molecular complexity index is 1220. The van der Waals surface area contributed by atoms with Gasteiger partial charge >= 0.3 is 23.5 Å². The summed E-state index contributed by atoms with van der Waals surface area (Å²) in [5.74, 6) is -0.314. The molecule has 0 saturated carbocycles. The van der Waals surface area contributed by atoms with E-state index in [9.17, 15) is 33.6 Å². The van der Waals surface area contributed by atoms with Crippen LogP contribution in [-0.2, 0) is 37.3 Å². The average Bonchev–Trinajstić information content (AvgIpc) is 3.13. The highest BCUT2D eigenvalue weighted by atomic mass is 31.3. The number of fused-ring (bicyclic) bond motifs is 1. The van der Waals surface area contributed by atoms with Gasteiger partial charge in [-0.2, -0.15) is 13.6 Å². The number of aromatic nitrogens is 4. The van der Waals surface area contributed by atoms with Crippen molar-refractivity contribution in [3.05, 3.63) is 16.7 Å². The van der Waals surface area contributed by atoms with E-state index in [0.717, 1.165) is 10.9 Å². The van der Waals surface area contributed by atoms with Crippen LogP contribution in [0.5, 0.6) is 0 Å². The number of phosphoric ester groups is 1. The lowest BCUT2D eigenvalue weighted by Gasteiger charge is -2.28. The molecule has 2 unspecified atom stereocenters. The molecule has 0 aliphatic carbocycles. The molecule has 5 atom stereocenters. The summed E-state index contributed by atoms with van der Waals surface area (Å²) in [4.78, 5) is 57.2. The molecule has 1 fully saturated rings. The number of aliphatic hydroxyl groups excluding tert-OH is 1. The first-order valence-electron chi connectivity index (χ1n) is 8.07. The predicted octanol–water partition coefficient (Wildman–Crippen LogP) is -2.55. The fraction of sp³-hybridized carbons (Fsp3) is 0.500. The first-order chi connectivity index (χ1) is 14.5. The van der Waals surface area contributed by atoms with Gasteiger partial charge in [0.2, 0.25) is 5.95 Å². The summed E-state index contributed by atoms with van der Waals surface area (Å²) in [5.41, 5.74) is 1.99. The van der Waals surface area contributed by atoms with Crippen LogP contribution < -0.4 is 11.3 Å². The molecule has 0 amide bonds. The number of aromatic amines is 1. The lowest BCUT2D eigenvalue weighted by atomic mass is 10.1. The van der Waals surface area contributed by atoms with Gasteiger partial charge in [-0.3, -0.25) is 18.9 Å². The van der Waals surface area contributed by atoms with Crippen molar-refractivity contribution in [3.8, 4) is 0 Å². The lowest BCUT2D eigenvalue weighted by Crippen LogP contribution is -2.47. The van der Waals surface area contributed by atoms with E-state index in [2.05, 4.69) is 28.1 Å². The zero-order valence-electron chi connectivity index (χ0n) is 15.4. The molecular formula is C10H16N5O14P3. The van der Waals surface area contributed by atoms with Crippen molar-refractivity contribution in [1.82, 2.24) is 19.5 Å². The fourth-order valence-electron chi connectivity index (χ4n) is 2.74. The smallest absolute Gasteiger partial charge is 0.385 e. The van der Waals surface area contributed by atoms with Crippen LogP contribution in [0.2, 0.25) is 0 Å². The first kappa shape index (κ1) is 25.1. The highest BCUT2D eigenvalue weighted by Gasteiger charge is 2.51. The third-order valence-electron chi connectivity index (χ3n) is 4.00. The Morgan fingerprint density at radius 3 is 2.53 bits per heavy atom. The number of phosphoric acid groups is 3. The van der Waals surface area contributed by atoms with E-state index in [1.54, 1.807) is 0 Å². The average molecular weight is 523 g/mol. The minimum Gasteiger partial charge on any atom is -0.385 e. The van der Waals surface area contributed by atoms with Gasteiger partial charge in [0.05, 0.1) is 19.5 Å². The summed E-state index contributed by atoms with van der Waals surface area (Å²) >= 11 is 0. The van der Waals surface area contributed by atoms with Gasteiger partial charge in [0.15, 0.2) is 16.9 Å². The predicted molar refractivity (Wildman–Crippen MR) is 98.3 cm³/mol. The number of aliphatic hydroxyl groups is 2. The summed E-state index contributed by atoms with van der Waals surface area (Å²) in [6.07, 6.45) is -2.47. The second-order valence-corrected chi connectivity index (χ2v) is 10.7. The zero-order chi connectivity index (χ0) is 24.1. The molecule has 0 spiro atoms. The molecule has 0 radical (unpaired) electrons. The largest absolute Gasteiger partial charge is 0.490 e. The number of rotatable bonds is 8. The van der Waals surface area contributed by atoms with E-state index < -0.39 is 60.2 Å². The summed E-state index contributed by atoms with van der Waals surface area (Å²) in [6, 6.07) is 0. The van der Waals surface area contributed by atoms with Crippen molar-refractivity contribution in [2.24, 2.45) is 0 Å².